The average molecular weight is 310 g/mol. The predicted octanol–water partition coefficient (Wildman–Crippen LogP) is 2.69. The van der Waals surface area contributed by atoms with Gasteiger partial charge in [0.15, 0.2) is 0 Å². The summed E-state index contributed by atoms with van der Waals surface area (Å²) in [6.45, 7) is 1.45. The molecular formula is C16H14N4O3. The van der Waals surface area contributed by atoms with Crippen LogP contribution in [0.1, 0.15) is 30.5 Å². The Kier molecular flexibility index (Phi) is 3.84. The topological polar surface area (TPSA) is 88.7 Å². The van der Waals surface area contributed by atoms with Crippen molar-refractivity contribution >= 4 is 17.3 Å². The first-order valence-corrected chi connectivity index (χ1v) is 7.08. The molecule has 7 nitrogen and oxygen atoms in total. The summed E-state index contributed by atoms with van der Waals surface area (Å²) in [5.41, 5.74) is 2.47. The minimum absolute atomic E-state index is 0.0227. The van der Waals surface area contributed by atoms with Crippen LogP contribution in [0.15, 0.2) is 53.9 Å². The fourth-order valence-corrected chi connectivity index (χ4v) is 2.59. The second-order valence-electron chi connectivity index (χ2n) is 5.22. The van der Waals surface area contributed by atoms with Crippen molar-refractivity contribution in [2.45, 2.75) is 19.4 Å². The number of hydrogen-bond donors (Lipinski definition) is 0. The smallest absolute Gasteiger partial charge is 0.269 e. The quantitative estimate of drug-likeness (QED) is 0.644. The molecule has 0 spiro atoms. The zero-order chi connectivity index (χ0) is 16.4. The molecule has 1 aliphatic rings. The Morgan fingerprint density at radius 3 is 2.61 bits per heavy atom. The number of rotatable bonds is 3. The van der Waals surface area contributed by atoms with Gasteiger partial charge in [-0.2, -0.15) is 5.10 Å². The molecule has 0 saturated heterocycles. The van der Waals surface area contributed by atoms with E-state index in [0.717, 1.165) is 16.8 Å². The molecule has 1 amide bonds. The zero-order valence-electron chi connectivity index (χ0n) is 12.4. The number of benzene rings is 1. The van der Waals surface area contributed by atoms with Gasteiger partial charge in [-0.05, 0) is 11.6 Å². The van der Waals surface area contributed by atoms with E-state index in [4.69, 9.17) is 0 Å². The van der Waals surface area contributed by atoms with E-state index >= 15 is 0 Å². The second-order valence-corrected chi connectivity index (χ2v) is 5.22. The summed E-state index contributed by atoms with van der Waals surface area (Å²) < 4.78 is 0. The number of aromatic nitrogens is 1. The highest BCUT2D eigenvalue weighted by atomic mass is 16.6. The third kappa shape index (κ3) is 2.94. The van der Waals surface area contributed by atoms with Crippen molar-refractivity contribution in [2.75, 3.05) is 0 Å². The number of hydrazone groups is 1. The number of pyridine rings is 1. The van der Waals surface area contributed by atoms with Crippen molar-refractivity contribution in [3.05, 3.63) is 70.0 Å². The fraction of sp³-hybridized carbons (Fsp3) is 0.188. The first-order valence-electron chi connectivity index (χ1n) is 7.08. The molecule has 0 saturated carbocycles. The molecule has 3 rings (SSSR count). The minimum Gasteiger partial charge on any atom is -0.273 e. The van der Waals surface area contributed by atoms with E-state index < -0.39 is 4.92 Å². The predicted molar refractivity (Wildman–Crippen MR) is 83.7 cm³/mol. The zero-order valence-corrected chi connectivity index (χ0v) is 12.4. The number of nitro groups is 1. The van der Waals surface area contributed by atoms with Gasteiger partial charge in [-0.25, -0.2) is 5.01 Å². The van der Waals surface area contributed by atoms with Gasteiger partial charge in [0.25, 0.3) is 5.69 Å². The van der Waals surface area contributed by atoms with E-state index in [0.29, 0.717) is 6.42 Å². The lowest BCUT2D eigenvalue weighted by Crippen LogP contribution is -2.24. The molecule has 2 aromatic rings. The summed E-state index contributed by atoms with van der Waals surface area (Å²) in [6, 6.07) is 9.66. The van der Waals surface area contributed by atoms with Crippen LogP contribution in [0.3, 0.4) is 0 Å². The number of non-ortho nitro benzene ring substituents is 1. The molecular weight excluding hydrogens is 296 g/mol. The van der Waals surface area contributed by atoms with Crippen molar-refractivity contribution in [1.82, 2.24) is 9.99 Å². The maximum absolute atomic E-state index is 11.9. The highest BCUT2D eigenvalue weighted by Gasteiger charge is 2.31. The normalized spacial score (nSPS) is 17.0. The van der Waals surface area contributed by atoms with Gasteiger partial charge in [-0.1, -0.05) is 18.2 Å². The van der Waals surface area contributed by atoms with Gasteiger partial charge in [0.05, 0.1) is 16.7 Å². The standard InChI is InChI=1S/C16H14N4O3/c1-11(21)19-16(12-4-6-14(7-5-12)20(22)23)9-15(18-19)13-3-2-8-17-10-13/h2-8,10,16H,9H2,1H3. The molecule has 1 aromatic carbocycles. The van der Waals surface area contributed by atoms with Gasteiger partial charge in [0.2, 0.25) is 5.91 Å². The van der Waals surface area contributed by atoms with Crippen molar-refractivity contribution in [3.63, 3.8) is 0 Å². The molecule has 116 valence electrons. The van der Waals surface area contributed by atoms with Gasteiger partial charge in [-0.3, -0.25) is 19.9 Å². The molecule has 2 heterocycles. The first kappa shape index (κ1) is 14.8. The van der Waals surface area contributed by atoms with Crippen molar-refractivity contribution in [2.24, 2.45) is 5.10 Å². The summed E-state index contributed by atoms with van der Waals surface area (Å²) in [5, 5.41) is 16.6. The molecule has 0 bridgehead atoms. The fourth-order valence-electron chi connectivity index (χ4n) is 2.59. The Morgan fingerprint density at radius 1 is 1.30 bits per heavy atom. The molecule has 0 aliphatic carbocycles. The van der Waals surface area contributed by atoms with Gasteiger partial charge < -0.3 is 0 Å². The molecule has 1 aromatic heterocycles. The van der Waals surface area contributed by atoms with E-state index in [1.165, 1.54) is 24.1 Å². The van der Waals surface area contributed by atoms with Crippen LogP contribution in [0.25, 0.3) is 0 Å². The lowest BCUT2D eigenvalue weighted by molar-refractivity contribution is -0.384. The lowest BCUT2D eigenvalue weighted by atomic mass is 9.99. The van der Waals surface area contributed by atoms with Gasteiger partial charge in [0, 0.05) is 43.4 Å². The van der Waals surface area contributed by atoms with Gasteiger partial charge in [-0.15, -0.1) is 0 Å². The average Bonchev–Trinajstić information content (AvgIpc) is 3.01. The van der Waals surface area contributed by atoms with Crippen LogP contribution >= 0.6 is 0 Å². The number of carbonyl (C=O) groups is 1. The molecule has 7 heteroatoms. The summed E-state index contributed by atoms with van der Waals surface area (Å²) in [5.74, 6) is -0.174. The summed E-state index contributed by atoms with van der Waals surface area (Å²) in [4.78, 5) is 26.3. The van der Waals surface area contributed by atoms with Crippen LogP contribution in [0.2, 0.25) is 0 Å². The van der Waals surface area contributed by atoms with Crippen LogP contribution < -0.4 is 0 Å². The molecule has 1 atom stereocenters. The Morgan fingerprint density at radius 2 is 2.04 bits per heavy atom. The van der Waals surface area contributed by atoms with Crippen LogP contribution in [0.4, 0.5) is 5.69 Å². The Hall–Kier alpha value is -3.09. The Labute approximate surface area is 132 Å². The molecule has 0 fully saturated rings. The van der Waals surface area contributed by atoms with Crippen LogP contribution in [0, 0.1) is 10.1 Å². The maximum atomic E-state index is 11.9. The Balaban J connectivity index is 1.91. The highest BCUT2D eigenvalue weighted by Crippen LogP contribution is 2.33. The third-order valence-electron chi connectivity index (χ3n) is 3.72. The maximum Gasteiger partial charge on any atom is 0.269 e. The number of amides is 1. The number of nitro benzene ring substituents is 1. The monoisotopic (exact) mass is 310 g/mol. The molecule has 0 radical (unpaired) electrons. The summed E-state index contributed by atoms with van der Waals surface area (Å²) >= 11 is 0. The summed E-state index contributed by atoms with van der Waals surface area (Å²) in [7, 11) is 0. The molecule has 1 unspecified atom stereocenters. The number of carbonyl (C=O) groups excluding carboxylic acids is 1. The summed E-state index contributed by atoms with van der Waals surface area (Å²) in [6.07, 6.45) is 3.92. The van der Waals surface area contributed by atoms with Crippen LogP contribution in [-0.4, -0.2) is 26.5 Å². The molecule has 0 N–H and O–H groups in total. The molecule has 23 heavy (non-hydrogen) atoms. The number of nitrogens with zero attached hydrogens (tertiary/aromatic N) is 4. The van der Waals surface area contributed by atoms with E-state index in [1.807, 2.05) is 12.1 Å². The van der Waals surface area contributed by atoms with E-state index in [9.17, 15) is 14.9 Å². The lowest BCUT2D eigenvalue weighted by Gasteiger charge is -2.20. The largest absolute Gasteiger partial charge is 0.273 e. The van der Waals surface area contributed by atoms with Crippen molar-refractivity contribution in [3.8, 4) is 0 Å². The third-order valence-corrected chi connectivity index (χ3v) is 3.72. The van der Waals surface area contributed by atoms with Gasteiger partial charge >= 0.3 is 0 Å². The highest BCUT2D eigenvalue weighted by molar-refractivity contribution is 6.02. The second kappa shape index (κ2) is 5.96. The van der Waals surface area contributed by atoms with Crippen molar-refractivity contribution in [1.29, 1.82) is 0 Å². The van der Waals surface area contributed by atoms with E-state index in [-0.39, 0.29) is 17.6 Å². The van der Waals surface area contributed by atoms with Crippen molar-refractivity contribution < 1.29 is 9.72 Å². The number of hydrogen-bond acceptors (Lipinski definition) is 5. The molecule has 1 aliphatic heterocycles. The van der Waals surface area contributed by atoms with Crippen LogP contribution in [0.5, 0.6) is 0 Å². The van der Waals surface area contributed by atoms with E-state index in [1.54, 1.807) is 24.5 Å². The first-order chi connectivity index (χ1) is 11.1. The van der Waals surface area contributed by atoms with Gasteiger partial charge in [0.1, 0.15) is 0 Å². The minimum atomic E-state index is -0.446. The van der Waals surface area contributed by atoms with Crippen LogP contribution in [-0.2, 0) is 4.79 Å². The van der Waals surface area contributed by atoms with E-state index in [2.05, 4.69) is 10.1 Å². The SMILES string of the molecule is CC(=O)N1N=C(c2cccnc2)CC1c1ccc([N+](=O)[O-])cc1. The Bertz CT molecular complexity index is 772.